The molecule has 0 aromatic heterocycles. The lowest BCUT2D eigenvalue weighted by Crippen LogP contribution is -2.35. The number of sulfonamides is 1. The van der Waals surface area contributed by atoms with E-state index in [0.29, 0.717) is 19.5 Å². The molecule has 1 amide bonds. The third-order valence-corrected chi connectivity index (χ3v) is 6.68. The number of carbonyl (C=O) groups is 1. The van der Waals surface area contributed by atoms with Crippen molar-refractivity contribution in [3.05, 3.63) is 65.7 Å². The molecule has 148 valence electrons. The molecule has 28 heavy (non-hydrogen) atoms. The minimum absolute atomic E-state index is 0.143. The van der Waals surface area contributed by atoms with Gasteiger partial charge < -0.3 is 0 Å². The Morgan fingerprint density at radius 1 is 1.00 bits per heavy atom. The van der Waals surface area contributed by atoms with Crippen LogP contribution in [0.2, 0.25) is 0 Å². The summed E-state index contributed by atoms with van der Waals surface area (Å²) in [7, 11) is -3.58. The fourth-order valence-corrected chi connectivity index (χ4v) is 4.78. The van der Waals surface area contributed by atoms with E-state index in [0.717, 1.165) is 30.5 Å². The third kappa shape index (κ3) is 4.66. The van der Waals surface area contributed by atoms with Gasteiger partial charge in [0.15, 0.2) is 0 Å². The summed E-state index contributed by atoms with van der Waals surface area (Å²) >= 11 is 0. The molecule has 0 atom stereocenters. The number of amides is 1. The summed E-state index contributed by atoms with van der Waals surface area (Å²) in [5.74, 6) is -0.433. The first-order valence-electron chi connectivity index (χ1n) is 9.55. The van der Waals surface area contributed by atoms with E-state index in [4.69, 9.17) is 0 Å². The van der Waals surface area contributed by atoms with Gasteiger partial charge in [0.2, 0.25) is 10.0 Å². The van der Waals surface area contributed by atoms with Gasteiger partial charge in [-0.3, -0.25) is 4.79 Å². The first-order chi connectivity index (χ1) is 13.5. The SMILES string of the molecule is CC/C(=N\NC(=O)c1cccc(S(=O)(=O)N2CCCCC2)c1)c1ccccc1. The average Bonchev–Trinajstić information content (AvgIpc) is 2.75. The standard InChI is InChI=1S/C21H25N3O3S/c1-2-20(17-10-5-3-6-11-17)22-23-21(25)18-12-9-13-19(16-18)28(26,27)24-14-7-4-8-15-24/h3,5-6,9-13,16H,2,4,7-8,14-15H2,1H3,(H,23,25)/b22-20+. The number of hydrogen-bond donors (Lipinski definition) is 1. The topological polar surface area (TPSA) is 78.8 Å². The maximum Gasteiger partial charge on any atom is 0.271 e. The maximum absolute atomic E-state index is 12.8. The number of nitrogens with one attached hydrogen (secondary N) is 1. The van der Waals surface area contributed by atoms with Crippen LogP contribution in [0, 0.1) is 0 Å². The number of piperidine rings is 1. The Balaban J connectivity index is 1.78. The highest BCUT2D eigenvalue weighted by Crippen LogP contribution is 2.21. The van der Waals surface area contributed by atoms with Crippen molar-refractivity contribution in [1.82, 2.24) is 9.73 Å². The summed E-state index contributed by atoms with van der Waals surface area (Å²) in [6.07, 6.45) is 3.45. The number of benzene rings is 2. The van der Waals surface area contributed by atoms with E-state index in [9.17, 15) is 13.2 Å². The predicted molar refractivity (Wildman–Crippen MR) is 110 cm³/mol. The van der Waals surface area contributed by atoms with E-state index in [1.165, 1.54) is 16.4 Å². The molecule has 0 radical (unpaired) electrons. The molecule has 1 heterocycles. The third-order valence-electron chi connectivity index (χ3n) is 4.78. The Morgan fingerprint density at radius 2 is 1.68 bits per heavy atom. The fourth-order valence-electron chi connectivity index (χ4n) is 3.21. The summed E-state index contributed by atoms with van der Waals surface area (Å²) in [4.78, 5) is 12.7. The van der Waals surface area contributed by atoms with Gasteiger partial charge in [0, 0.05) is 18.7 Å². The molecule has 0 saturated carbocycles. The van der Waals surface area contributed by atoms with Gasteiger partial charge in [-0.05, 0) is 43.0 Å². The average molecular weight is 400 g/mol. The van der Waals surface area contributed by atoms with Crippen molar-refractivity contribution in [2.75, 3.05) is 13.1 Å². The smallest absolute Gasteiger partial charge is 0.267 e. The normalized spacial score (nSPS) is 16.0. The zero-order valence-corrected chi connectivity index (χ0v) is 16.8. The van der Waals surface area contributed by atoms with Gasteiger partial charge in [0.25, 0.3) is 5.91 Å². The van der Waals surface area contributed by atoms with E-state index in [2.05, 4.69) is 10.5 Å². The molecule has 1 N–H and O–H groups in total. The van der Waals surface area contributed by atoms with Crippen LogP contribution in [-0.4, -0.2) is 37.4 Å². The minimum Gasteiger partial charge on any atom is -0.267 e. The Hall–Kier alpha value is -2.51. The van der Waals surface area contributed by atoms with Crippen LogP contribution in [0.1, 0.15) is 48.5 Å². The van der Waals surface area contributed by atoms with Crippen LogP contribution in [0.15, 0.2) is 64.6 Å². The van der Waals surface area contributed by atoms with E-state index >= 15 is 0 Å². The molecule has 0 spiro atoms. The lowest BCUT2D eigenvalue weighted by molar-refractivity contribution is 0.0954. The largest absolute Gasteiger partial charge is 0.271 e. The van der Waals surface area contributed by atoms with E-state index in [-0.39, 0.29) is 10.5 Å². The van der Waals surface area contributed by atoms with Crippen LogP contribution in [-0.2, 0) is 10.0 Å². The second-order valence-electron chi connectivity index (χ2n) is 6.71. The Morgan fingerprint density at radius 3 is 2.36 bits per heavy atom. The molecular formula is C21H25N3O3S. The van der Waals surface area contributed by atoms with Crippen LogP contribution in [0.4, 0.5) is 0 Å². The molecule has 7 heteroatoms. The highest BCUT2D eigenvalue weighted by molar-refractivity contribution is 7.89. The van der Waals surface area contributed by atoms with Crippen molar-refractivity contribution in [3.8, 4) is 0 Å². The molecule has 6 nitrogen and oxygen atoms in total. The van der Waals surface area contributed by atoms with Crippen molar-refractivity contribution in [2.24, 2.45) is 5.10 Å². The maximum atomic E-state index is 12.8. The van der Waals surface area contributed by atoms with E-state index in [1.54, 1.807) is 12.1 Å². The van der Waals surface area contributed by atoms with Crippen molar-refractivity contribution in [3.63, 3.8) is 0 Å². The molecule has 1 saturated heterocycles. The van der Waals surface area contributed by atoms with Crippen LogP contribution < -0.4 is 5.43 Å². The number of hydrazone groups is 1. The molecule has 1 fully saturated rings. The molecule has 3 rings (SSSR count). The number of carbonyl (C=O) groups excluding carboxylic acids is 1. The number of rotatable bonds is 6. The number of hydrogen-bond acceptors (Lipinski definition) is 4. The zero-order valence-electron chi connectivity index (χ0n) is 16.0. The Kier molecular flexibility index (Phi) is 6.59. The van der Waals surface area contributed by atoms with Gasteiger partial charge in [0.05, 0.1) is 10.6 Å². The molecular weight excluding hydrogens is 374 g/mol. The molecule has 0 aliphatic carbocycles. The molecule has 1 aliphatic heterocycles. The molecule has 2 aromatic carbocycles. The van der Waals surface area contributed by atoms with Crippen molar-refractivity contribution in [1.29, 1.82) is 0 Å². The van der Waals surface area contributed by atoms with Crippen molar-refractivity contribution < 1.29 is 13.2 Å². The highest BCUT2D eigenvalue weighted by atomic mass is 32.2. The fraction of sp³-hybridized carbons (Fsp3) is 0.333. The van der Waals surface area contributed by atoms with Gasteiger partial charge in [0.1, 0.15) is 0 Å². The lowest BCUT2D eigenvalue weighted by Gasteiger charge is -2.25. The van der Waals surface area contributed by atoms with Crippen LogP contribution in [0.5, 0.6) is 0 Å². The molecule has 0 unspecified atom stereocenters. The summed E-state index contributed by atoms with van der Waals surface area (Å²) in [5.41, 5.74) is 4.51. The van der Waals surface area contributed by atoms with Crippen LogP contribution >= 0.6 is 0 Å². The first kappa shape index (κ1) is 20.2. The second-order valence-corrected chi connectivity index (χ2v) is 8.65. The number of nitrogens with zero attached hydrogens (tertiary/aromatic N) is 2. The minimum atomic E-state index is -3.58. The van der Waals surface area contributed by atoms with Gasteiger partial charge in [-0.2, -0.15) is 9.41 Å². The van der Waals surface area contributed by atoms with Gasteiger partial charge in [-0.25, -0.2) is 13.8 Å². The summed E-state index contributed by atoms with van der Waals surface area (Å²) in [6.45, 7) is 3.02. The lowest BCUT2D eigenvalue weighted by atomic mass is 10.1. The highest BCUT2D eigenvalue weighted by Gasteiger charge is 2.26. The molecule has 1 aliphatic rings. The van der Waals surface area contributed by atoms with Crippen LogP contribution in [0.25, 0.3) is 0 Å². The Labute approximate surface area is 166 Å². The quantitative estimate of drug-likeness (QED) is 0.597. The molecule has 0 bridgehead atoms. The van der Waals surface area contributed by atoms with Gasteiger partial charge in [-0.15, -0.1) is 0 Å². The Bertz CT molecular complexity index is 950. The zero-order chi connectivity index (χ0) is 20.0. The summed E-state index contributed by atoms with van der Waals surface area (Å²) in [5, 5.41) is 4.23. The second kappa shape index (κ2) is 9.12. The first-order valence-corrected chi connectivity index (χ1v) is 11.0. The van der Waals surface area contributed by atoms with Gasteiger partial charge in [-0.1, -0.05) is 49.7 Å². The van der Waals surface area contributed by atoms with Crippen LogP contribution in [0.3, 0.4) is 0 Å². The van der Waals surface area contributed by atoms with Crippen molar-refractivity contribution >= 4 is 21.6 Å². The van der Waals surface area contributed by atoms with E-state index < -0.39 is 15.9 Å². The monoisotopic (exact) mass is 399 g/mol. The van der Waals surface area contributed by atoms with Crippen molar-refractivity contribution in [2.45, 2.75) is 37.5 Å². The molecule has 2 aromatic rings. The summed E-state index contributed by atoms with van der Waals surface area (Å²) < 4.78 is 27.1. The van der Waals surface area contributed by atoms with Gasteiger partial charge >= 0.3 is 0 Å². The van der Waals surface area contributed by atoms with E-state index in [1.807, 2.05) is 37.3 Å². The predicted octanol–water partition coefficient (Wildman–Crippen LogP) is 3.41. The summed E-state index contributed by atoms with van der Waals surface area (Å²) in [6, 6.07) is 15.7.